The second-order valence-corrected chi connectivity index (χ2v) is 8.37. The summed E-state index contributed by atoms with van der Waals surface area (Å²) in [5.74, 6) is -0.250. The Morgan fingerprint density at radius 1 is 0.933 bits per heavy atom. The van der Waals surface area contributed by atoms with Gasteiger partial charge in [-0.3, -0.25) is 4.79 Å². The van der Waals surface area contributed by atoms with Crippen molar-refractivity contribution in [1.82, 2.24) is 4.98 Å². The first kappa shape index (κ1) is 20.4. The summed E-state index contributed by atoms with van der Waals surface area (Å²) in [6.45, 7) is 2.06. The third kappa shape index (κ3) is 4.82. The molecule has 0 saturated heterocycles. The van der Waals surface area contributed by atoms with Gasteiger partial charge in [0.05, 0.1) is 15.7 Å². The van der Waals surface area contributed by atoms with E-state index >= 15 is 0 Å². The van der Waals surface area contributed by atoms with E-state index < -0.39 is 0 Å². The molecule has 0 unspecified atom stereocenters. The Labute approximate surface area is 188 Å². The maximum absolute atomic E-state index is 12.4. The number of rotatable bonds is 5. The SMILES string of the molecule is Cc1cccc(Nc2nc(-c3ccc(NC(=O)c4ccc(Cl)c(Cl)c4)cc3)cs2)c1. The Kier molecular flexibility index (Phi) is 6.04. The lowest BCUT2D eigenvalue weighted by Gasteiger charge is -2.07. The summed E-state index contributed by atoms with van der Waals surface area (Å²) in [6, 6.07) is 20.5. The number of amides is 1. The summed E-state index contributed by atoms with van der Waals surface area (Å²) in [7, 11) is 0. The van der Waals surface area contributed by atoms with Crippen LogP contribution in [0.25, 0.3) is 11.3 Å². The predicted molar refractivity (Wildman–Crippen MR) is 126 cm³/mol. The number of aryl methyl sites for hydroxylation is 1. The van der Waals surface area contributed by atoms with Gasteiger partial charge in [0.1, 0.15) is 0 Å². The van der Waals surface area contributed by atoms with Crippen LogP contribution in [0.4, 0.5) is 16.5 Å². The van der Waals surface area contributed by atoms with E-state index in [1.165, 1.54) is 5.56 Å². The number of aromatic nitrogens is 1. The van der Waals surface area contributed by atoms with Gasteiger partial charge in [0.25, 0.3) is 5.91 Å². The molecule has 30 heavy (non-hydrogen) atoms. The first-order chi connectivity index (χ1) is 14.5. The fourth-order valence-electron chi connectivity index (χ4n) is 2.87. The number of anilines is 3. The zero-order valence-electron chi connectivity index (χ0n) is 15.9. The largest absolute Gasteiger partial charge is 0.332 e. The van der Waals surface area contributed by atoms with E-state index in [9.17, 15) is 4.79 Å². The number of benzene rings is 3. The molecule has 0 radical (unpaired) electrons. The minimum Gasteiger partial charge on any atom is -0.332 e. The third-order valence-electron chi connectivity index (χ3n) is 4.39. The molecule has 150 valence electrons. The van der Waals surface area contributed by atoms with E-state index in [1.54, 1.807) is 29.5 Å². The first-order valence-corrected chi connectivity index (χ1v) is 10.8. The molecular formula is C23H17Cl2N3OS. The monoisotopic (exact) mass is 453 g/mol. The van der Waals surface area contributed by atoms with E-state index in [0.717, 1.165) is 22.1 Å². The molecule has 4 aromatic rings. The molecule has 0 aliphatic carbocycles. The molecule has 0 saturated carbocycles. The lowest BCUT2D eigenvalue weighted by Crippen LogP contribution is -2.11. The highest BCUT2D eigenvalue weighted by atomic mass is 35.5. The molecule has 0 fully saturated rings. The normalized spacial score (nSPS) is 10.6. The lowest BCUT2D eigenvalue weighted by atomic mass is 10.1. The van der Waals surface area contributed by atoms with Crippen LogP contribution >= 0.6 is 34.5 Å². The highest BCUT2D eigenvalue weighted by Gasteiger charge is 2.10. The number of halogens is 2. The van der Waals surface area contributed by atoms with E-state index in [1.807, 2.05) is 41.8 Å². The second kappa shape index (κ2) is 8.88. The lowest BCUT2D eigenvalue weighted by molar-refractivity contribution is 0.102. The number of carbonyl (C=O) groups excluding carboxylic acids is 1. The van der Waals surface area contributed by atoms with E-state index in [4.69, 9.17) is 23.2 Å². The molecule has 0 spiro atoms. The van der Waals surface area contributed by atoms with Crippen molar-refractivity contribution in [1.29, 1.82) is 0 Å². The van der Waals surface area contributed by atoms with Crippen LogP contribution in [-0.2, 0) is 0 Å². The van der Waals surface area contributed by atoms with Crippen LogP contribution in [-0.4, -0.2) is 10.9 Å². The molecule has 4 nitrogen and oxygen atoms in total. The van der Waals surface area contributed by atoms with Gasteiger partial charge in [-0.15, -0.1) is 11.3 Å². The zero-order chi connectivity index (χ0) is 21.1. The van der Waals surface area contributed by atoms with Crippen molar-refractivity contribution in [3.63, 3.8) is 0 Å². The van der Waals surface area contributed by atoms with Crippen LogP contribution in [0, 0.1) is 6.92 Å². The Morgan fingerprint density at radius 2 is 1.73 bits per heavy atom. The van der Waals surface area contributed by atoms with Gasteiger partial charge in [0, 0.05) is 27.9 Å². The third-order valence-corrected chi connectivity index (χ3v) is 5.89. The number of thiazole rings is 1. The molecule has 4 rings (SSSR count). The number of carbonyl (C=O) groups is 1. The van der Waals surface area contributed by atoms with Crippen molar-refractivity contribution in [2.45, 2.75) is 6.92 Å². The van der Waals surface area contributed by atoms with E-state index in [0.29, 0.717) is 21.3 Å². The van der Waals surface area contributed by atoms with Gasteiger partial charge in [-0.1, -0.05) is 47.5 Å². The zero-order valence-corrected chi connectivity index (χ0v) is 18.3. The Morgan fingerprint density at radius 3 is 2.47 bits per heavy atom. The van der Waals surface area contributed by atoms with Crippen molar-refractivity contribution in [3.05, 3.63) is 93.3 Å². The van der Waals surface area contributed by atoms with E-state index in [-0.39, 0.29) is 5.91 Å². The van der Waals surface area contributed by atoms with Crippen LogP contribution < -0.4 is 10.6 Å². The first-order valence-electron chi connectivity index (χ1n) is 9.14. The molecule has 1 heterocycles. The van der Waals surface area contributed by atoms with Gasteiger partial charge in [-0.05, 0) is 55.0 Å². The average molecular weight is 454 g/mol. The van der Waals surface area contributed by atoms with Gasteiger partial charge in [0.15, 0.2) is 5.13 Å². The van der Waals surface area contributed by atoms with Crippen molar-refractivity contribution in [2.75, 3.05) is 10.6 Å². The summed E-state index contributed by atoms with van der Waals surface area (Å²) in [4.78, 5) is 17.1. The number of hydrogen-bond acceptors (Lipinski definition) is 4. The highest BCUT2D eigenvalue weighted by Crippen LogP contribution is 2.28. The molecule has 0 aliphatic rings. The van der Waals surface area contributed by atoms with E-state index in [2.05, 4.69) is 34.7 Å². The molecule has 0 aliphatic heterocycles. The second-order valence-electron chi connectivity index (χ2n) is 6.69. The fourth-order valence-corrected chi connectivity index (χ4v) is 3.91. The van der Waals surface area contributed by atoms with Gasteiger partial charge >= 0.3 is 0 Å². The van der Waals surface area contributed by atoms with Crippen LogP contribution in [0.5, 0.6) is 0 Å². The number of nitrogens with one attached hydrogen (secondary N) is 2. The van der Waals surface area contributed by atoms with Crippen LogP contribution in [0.3, 0.4) is 0 Å². The maximum atomic E-state index is 12.4. The summed E-state index contributed by atoms with van der Waals surface area (Å²) in [6.07, 6.45) is 0. The molecule has 2 N–H and O–H groups in total. The molecule has 1 amide bonds. The standard InChI is InChI=1S/C23H17Cl2N3OS/c1-14-3-2-4-18(11-14)27-23-28-21(13-30-23)15-5-8-17(9-6-15)26-22(29)16-7-10-19(24)20(25)12-16/h2-13H,1H3,(H,26,29)(H,27,28). The number of hydrogen-bond donors (Lipinski definition) is 2. The van der Waals surface area contributed by atoms with Gasteiger partial charge < -0.3 is 10.6 Å². The summed E-state index contributed by atoms with van der Waals surface area (Å²) < 4.78 is 0. The Hall–Kier alpha value is -2.86. The molecule has 3 aromatic carbocycles. The summed E-state index contributed by atoms with van der Waals surface area (Å²) >= 11 is 13.4. The van der Waals surface area contributed by atoms with Crippen LogP contribution in [0.2, 0.25) is 10.0 Å². The van der Waals surface area contributed by atoms with Crippen LogP contribution in [0.1, 0.15) is 15.9 Å². The minimum atomic E-state index is -0.250. The summed E-state index contributed by atoms with van der Waals surface area (Å²) in [5.41, 5.74) is 5.17. The molecule has 7 heteroatoms. The van der Waals surface area contributed by atoms with Gasteiger partial charge in [0.2, 0.25) is 0 Å². The van der Waals surface area contributed by atoms with Crippen molar-refractivity contribution in [2.24, 2.45) is 0 Å². The molecule has 0 atom stereocenters. The average Bonchev–Trinajstić information content (AvgIpc) is 3.19. The van der Waals surface area contributed by atoms with Crippen LogP contribution in [0.15, 0.2) is 72.1 Å². The summed E-state index contributed by atoms with van der Waals surface area (Å²) in [5, 5.41) is 9.77. The van der Waals surface area contributed by atoms with Crippen molar-refractivity contribution >= 4 is 57.0 Å². The quantitative estimate of drug-likeness (QED) is 0.330. The highest BCUT2D eigenvalue weighted by molar-refractivity contribution is 7.14. The fraction of sp³-hybridized carbons (Fsp3) is 0.0435. The molecular weight excluding hydrogens is 437 g/mol. The van der Waals surface area contributed by atoms with Gasteiger partial charge in [-0.25, -0.2) is 4.98 Å². The Balaban J connectivity index is 1.44. The molecule has 1 aromatic heterocycles. The van der Waals surface area contributed by atoms with Crippen molar-refractivity contribution < 1.29 is 4.79 Å². The predicted octanol–water partition coefficient (Wildman–Crippen LogP) is 7.42. The number of nitrogens with zero attached hydrogens (tertiary/aromatic N) is 1. The smallest absolute Gasteiger partial charge is 0.255 e. The van der Waals surface area contributed by atoms with Crippen molar-refractivity contribution in [3.8, 4) is 11.3 Å². The molecule has 0 bridgehead atoms. The minimum absolute atomic E-state index is 0.250. The Bertz CT molecular complexity index is 1210. The van der Waals surface area contributed by atoms with Gasteiger partial charge in [-0.2, -0.15) is 0 Å². The topological polar surface area (TPSA) is 54.0 Å². The maximum Gasteiger partial charge on any atom is 0.255 e.